The van der Waals surface area contributed by atoms with E-state index in [0.29, 0.717) is 0 Å². The predicted octanol–water partition coefficient (Wildman–Crippen LogP) is 9.00. The van der Waals surface area contributed by atoms with E-state index in [-0.39, 0.29) is 0 Å². The van der Waals surface area contributed by atoms with Crippen molar-refractivity contribution in [1.29, 1.82) is 0 Å². The molecule has 0 aromatic heterocycles. The maximum absolute atomic E-state index is 5.36. The van der Waals surface area contributed by atoms with Gasteiger partial charge in [0.1, 0.15) is 14.4 Å². The highest BCUT2D eigenvalue weighted by atomic mass is 15.3. The van der Waals surface area contributed by atoms with Gasteiger partial charge >= 0.3 is 0 Å². The van der Waals surface area contributed by atoms with Crippen LogP contribution >= 0.6 is 0 Å². The van der Waals surface area contributed by atoms with Crippen LogP contribution in [0.4, 0.5) is 0 Å². The fourth-order valence-electron chi connectivity index (χ4n) is 4.70. The molecule has 2 heteroatoms. The molecule has 0 aliphatic carbocycles. The second-order valence-corrected chi connectivity index (χ2v) is 11.0. The van der Waals surface area contributed by atoms with E-state index in [1.54, 1.807) is 0 Å². The summed E-state index contributed by atoms with van der Waals surface area (Å²) in [5.41, 5.74) is 2.28. The van der Waals surface area contributed by atoms with Gasteiger partial charge in [-0.15, -0.1) is 0 Å². The smallest absolute Gasteiger partial charge is 0.113 e. The Balaban J connectivity index is 0.000000744. The molecule has 0 fully saturated rings. The summed E-state index contributed by atoms with van der Waals surface area (Å²) in [6, 6.07) is 20.4. The standard InChI is InChI=1S/C27H50N.C6H5B/c1-4-5-6-7-8-9-10-11-12-13-14-15-16-17-18-22-25-28(2,3)26-27-23-20-19-21-24-27;7-6-4-2-1-3-5-6/h19-21,23-24H,4-18,22,25-26H2,1-3H3;1-5H/q+1;. The van der Waals surface area contributed by atoms with Crippen LogP contribution in [-0.2, 0) is 6.54 Å². The SMILES string of the molecule is CCCCCCCCCCCCCCCCCC[N+](C)(C)Cc1ccccc1.[B]c1ccccc1. The Morgan fingerprint density at radius 3 is 1.26 bits per heavy atom. The number of rotatable bonds is 19. The van der Waals surface area contributed by atoms with Gasteiger partial charge in [-0.05, 0) is 12.8 Å². The van der Waals surface area contributed by atoms with Crippen molar-refractivity contribution in [3.05, 3.63) is 66.2 Å². The molecule has 35 heavy (non-hydrogen) atoms. The summed E-state index contributed by atoms with van der Waals surface area (Å²) < 4.78 is 1.11. The van der Waals surface area contributed by atoms with Crippen molar-refractivity contribution in [2.24, 2.45) is 0 Å². The Morgan fingerprint density at radius 2 is 0.886 bits per heavy atom. The number of hydrogen-bond donors (Lipinski definition) is 0. The summed E-state index contributed by atoms with van der Waals surface area (Å²) in [4.78, 5) is 0. The Labute approximate surface area is 220 Å². The van der Waals surface area contributed by atoms with Crippen LogP contribution in [0.3, 0.4) is 0 Å². The van der Waals surface area contributed by atoms with Gasteiger partial charge in [0, 0.05) is 5.56 Å². The molecular weight excluding hydrogens is 421 g/mol. The number of nitrogens with zero attached hydrogens (tertiary/aromatic N) is 1. The lowest BCUT2D eigenvalue weighted by atomic mass is 9.97. The van der Waals surface area contributed by atoms with Crippen molar-refractivity contribution >= 4 is 13.3 Å². The first-order chi connectivity index (χ1) is 17.0. The van der Waals surface area contributed by atoms with E-state index in [1.807, 2.05) is 30.3 Å². The molecule has 2 rings (SSSR count). The van der Waals surface area contributed by atoms with Gasteiger partial charge in [-0.3, -0.25) is 0 Å². The first kappa shape index (κ1) is 31.5. The van der Waals surface area contributed by atoms with Crippen LogP contribution in [0.2, 0.25) is 0 Å². The number of hydrogen-bond acceptors (Lipinski definition) is 0. The van der Waals surface area contributed by atoms with Gasteiger partial charge < -0.3 is 4.48 Å². The molecule has 0 atom stereocenters. The van der Waals surface area contributed by atoms with Crippen molar-refractivity contribution < 1.29 is 4.48 Å². The lowest BCUT2D eigenvalue weighted by molar-refractivity contribution is -0.903. The summed E-state index contributed by atoms with van der Waals surface area (Å²) in [7, 11) is 10.1. The summed E-state index contributed by atoms with van der Waals surface area (Å²) in [6.45, 7) is 4.75. The fourth-order valence-corrected chi connectivity index (χ4v) is 4.70. The van der Waals surface area contributed by atoms with Gasteiger partial charge in [0.05, 0.1) is 20.6 Å². The monoisotopic (exact) mass is 476 g/mol. The molecule has 0 saturated heterocycles. The van der Waals surface area contributed by atoms with Gasteiger partial charge in [0.25, 0.3) is 0 Å². The molecule has 0 aliphatic rings. The third-order valence-electron chi connectivity index (χ3n) is 6.87. The van der Waals surface area contributed by atoms with E-state index in [4.69, 9.17) is 7.85 Å². The molecule has 0 spiro atoms. The largest absolute Gasteiger partial charge is 0.325 e. The molecule has 1 nitrogen and oxygen atoms in total. The van der Waals surface area contributed by atoms with Crippen LogP contribution in [0, 0.1) is 0 Å². The first-order valence-electron chi connectivity index (χ1n) is 14.7. The molecule has 0 saturated carbocycles. The van der Waals surface area contributed by atoms with E-state index in [1.165, 1.54) is 115 Å². The predicted molar refractivity (Wildman–Crippen MR) is 158 cm³/mol. The summed E-state index contributed by atoms with van der Waals surface area (Å²) in [5, 5.41) is 0. The number of benzene rings is 2. The Hall–Kier alpha value is -1.54. The highest BCUT2D eigenvalue weighted by Crippen LogP contribution is 2.15. The zero-order valence-electron chi connectivity index (χ0n) is 23.5. The highest BCUT2D eigenvalue weighted by Gasteiger charge is 2.14. The molecule has 2 radical (unpaired) electrons. The van der Waals surface area contributed by atoms with Gasteiger partial charge in [-0.2, -0.15) is 0 Å². The highest BCUT2D eigenvalue weighted by molar-refractivity contribution is 6.32. The van der Waals surface area contributed by atoms with E-state index < -0.39 is 0 Å². The van der Waals surface area contributed by atoms with Crippen molar-refractivity contribution in [3.63, 3.8) is 0 Å². The van der Waals surface area contributed by atoms with Crippen LogP contribution in [0.25, 0.3) is 0 Å². The maximum Gasteiger partial charge on any atom is 0.113 e. The Kier molecular flexibility index (Phi) is 19.5. The van der Waals surface area contributed by atoms with Gasteiger partial charge in [-0.25, -0.2) is 0 Å². The molecule has 0 heterocycles. The molecule has 2 aromatic carbocycles. The van der Waals surface area contributed by atoms with Crippen molar-refractivity contribution in [2.45, 2.75) is 116 Å². The summed E-state index contributed by atoms with van der Waals surface area (Å²) >= 11 is 0. The van der Waals surface area contributed by atoms with Crippen LogP contribution in [0.5, 0.6) is 0 Å². The average molecular weight is 477 g/mol. The average Bonchev–Trinajstić information content (AvgIpc) is 2.85. The van der Waals surface area contributed by atoms with Gasteiger partial charge in [-0.1, -0.05) is 163 Å². The zero-order valence-corrected chi connectivity index (χ0v) is 23.5. The van der Waals surface area contributed by atoms with E-state index in [9.17, 15) is 0 Å². The number of unbranched alkanes of at least 4 members (excludes halogenated alkanes) is 15. The number of quaternary nitrogens is 1. The van der Waals surface area contributed by atoms with E-state index in [0.717, 1.165) is 16.5 Å². The minimum atomic E-state index is 0.822. The first-order valence-corrected chi connectivity index (χ1v) is 14.7. The summed E-state index contributed by atoms with van der Waals surface area (Å²) in [5.74, 6) is 0. The minimum Gasteiger partial charge on any atom is -0.325 e. The lowest BCUT2D eigenvalue weighted by Gasteiger charge is -2.30. The minimum absolute atomic E-state index is 0.822. The Bertz CT molecular complexity index is 683. The van der Waals surface area contributed by atoms with Gasteiger partial charge in [0.2, 0.25) is 0 Å². The normalized spacial score (nSPS) is 11.2. The van der Waals surface area contributed by atoms with Crippen LogP contribution in [0.1, 0.15) is 115 Å². The van der Waals surface area contributed by atoms with Crippen LogP contribution in [-0.4, -0.2) is 33.0 Å². The third kappa shape index (κ3) is 20.4. The lowest BCUT2D eigenvalue weighted by Crippen LogP contribution is -2.39. The van der Waals surface area contributed by atoms with E-state index in [2.05, 4.69) is 51.4 Å². The molecule has 0 bridgehead atoms. The third-order valence-corrected chi connectivity index (χ3v) is 6.87. The zero-order chi connectivity index (χ0) is 25.5. The van der Waals surface area contributed by atoms with Crippen LogP contribution < -0.4 is 5.46 Å². The van der Waals surface area contributed by atoms with Crippen molar-refractivity contribution in [3.8, 4) is 0 Å². The Morgan fingerprint density at radius 1 is 0.514 bits per heavy atom. The molecule has 194 valence electrons. The summed E-state index contributed by atoms with van der Waals surface area (Å²) in [6.07, 6.45) is 23.2. The second kappa shape index (κ2) is 21.7. The molecule has 0 aliphatic heterocycles. The van der Waals surface area contributed by atoms with E-state index >= 15 is 0 Å². The van der Waals surface area contributed by atoms with Gasteiger partial charge in [0.15, 0.2) is 0 Å². The second-order valence-electron chi connectivity index (χ2n) is 11.0. The molecular formula is C33H55BN+. The molecule has 0 unspecified atom stereocenters. The molecule has 2 aromatic rings. The van der Waals surface area contributed by atoms with Crippen LogP contribution in [0.15, 0.2) is 60.7 Å². The molecule has 0 amide bonds. The maximum atomic E-state index is 5.36. The fraction of sp³-hybridized carbons (Fsp3) is 0.636. The quantitative estimate of drug-likeness (QED) is 0.108. The van der Waals surface area contributed by atoms with Crippen molar-refractivity contribution in [1.82, 2.24) is 0 Å². The molecule has 0 N–H and O–H groups in total. The van der Waals surface area contributed by atoms with Crippen molar-refractivity contribution in [2.75, 3.05) is 20.6 Å². The topological polar surface area (TPSA) is 0 Å².